The molecule has 0 aromatic heterocycles. The average Bonchev–Trinajstić information content (AvgIpc) is 2.84. The highest BCUT2D eigenvalue weighted by Crippen LogP contribution is 2.13. The molecule has 0 aliphatic rings. The van der Waals surface area contributed by atoms with E-state index in [0.29, 0.717) is 38.1 Å². The number of carbonyl (C=O) groups excluding carboxylic acids is 3. The number of hydrogen-bond acceptors (Lipinski definition) is 6. The molecule has 0 aliphatic carbocycles. The quantitative estimate of drug-likeness (QED) is 0.137. The predicted octanol–water partition coefficient (Wildman–Crippen LogP) is 3.74. The lowest BCUT2D eigenvalue weighted by Crippen LogP contribution is -2.39. The van der Waals surface area contributed by atoms with Crippen molar-refractivity contribution >= 4 is 23.5 Å². The highest BCUT2D eigenvalue weighted by Gasteiger charge is 2.19. The van der Waals surface area contributed by atoms with Crippen molar-refractivity contribution < 1.29 is 24.3 Å². The topological polar surface area (TPSA) is 117 Å². The molecule has 0 saturated carbocycles. The van der Waals surface area contributed by atoms with Gasteiger partial charge in [-0.25, -0.2) is 5.48 Å². The van der Waals surface area contributed by atoms with Gasteiger partial charge in [0.1, 0.15) is 6.04 Å². The highest BCUT2D eigenvalue weighted by molar-refractivity contribution is 5.90. The van der Waals surface area contributed by atoms with Gasteiger partial charge in [-0.3, -0.25) is 19.6 Å². The number of benzene rings is 2. The molecule has 8 heteroatoms. The molecule has 0 fully saturated rings. The van der Waals surface area contributed by atoms with Gasteiger partial charge < -0.3 is 15.4 Å². The number of nitrogens with one attached hydrogen (secondary N) is 3. The first-order valence-corrected chi connectivity index (χ1v) is 11.8. The minimum absolute atomic E-state index is 0.0633. The fourth-order valence-electron chi connectivity index (χ4n) is 3.54. The van der Waals surface area contributed by atoms with Crippen molar-refractivity contribution in [2.75, 3.05) is 11.9 Å². The maximum absolute atomic E-state index is 12.4. The van der Waals surface area contributed by atoms with Crippen LogP contribution >= 0.6 is 0 Å². The van der Waals surface area contributed by atoms with Crippen molar-refractivity contribution in [3.63, 3.8) is 0 Å². The Balaban J connectivity index is 1.81. The minimum Gasteiger partial charge on any atom is -0.465 e. The van der Waals surface area contributed by atoms with Crippen molar-refractivity contribution in [3.05, 3.63) is 65.7 Å². The third kappa shape index (κ3) is 10.6. The van der Waals surface area contributed by atoms with E-state index in [2.05, 4.69) is 10.6 Å². The zero-order chi connectivity index (χ0) is 24.6. The predicted molar refractivity (Wildman–Crippen MR) is 130 cm³/mol. The third-order valence-electron chi connectivity index (χ3n) is 5.30. The van der Waals surface area contributed by atoms with Crippen LogP contribution in [0.3, 0.4) is 0 Å². The molecule has 8 nitrogen and oxygen atoms in total. The number of amides is 2. The standard InChI is InChI=1S/C26H35N3O5/c1-2-34-26(32)23(18-20-11-6-5-7-12-20)27-19-21-13-10-14-22(17-21)28-24(30)15-8-3-4-9-16-25(31)29-33/h5-7,10-14,17,23,27,33H,2-4,8-9,15-16,18-19H2,1H3,(H,28,30)(H,29,31)/t23-/m1/s1. The van der Waals surface area contributed by atoms with Crippen LogP contribution in [-0.2, 0) is 32.1 Å². The van der Waals surface area contributed by atoms with E-state index in [1.165, 1.54) is 0 Å². The number of anilines is 1. The number of hydroxylamine groups is 1. The van der Waals surface area contributed by atoms with E-state index in [-0.39, 0.29) is 24.2 Å². The summed E-state index contributed by atoms with van der Waals surface area (Å²) in [7, 11) is 0. The normalized spacial score (nSPS) is 11.5. The number of unbranched alkanes of at least 4 members (excludes halogenated alkanes) is 3. The van der Waals surface area contributed by atoms with E-state index in [9.17, 15) is 14.4 Å². The van der Waals surface area contributed by atoms with Crippen LogP contribution in [0.2, 0.25) is 0 Å². The molecule has 0 bridgehead atoms. The van der Waals surface area contributed by atoms with Gasteiger partial charge in [-0.2, -0.15) is 0 Å². The molecule has 2 rings (SSSR count). The Morgan fingerprint density at radius 2 is 1.56 bits per heavy atom. The molecular formula is C26H35N3O5. The summed E-state index contributed by atoms with van der Waals surface area (Å²) in [6.07, 6.45) is 4.29. The molecule has 0 unspecified atom stereocenters. The fourth-order valence-corrected chi connectivity index (χ4v) is 3.54. The van der Waals surface area contributed by atoms with Gasteiger partial charge in [0, 0.05) is 25.1 Å². The summed E-state index contributed by atoms with van der Waals surface area (Å²) in [5.74, 6) is -0.736. The molecule has 0 heterocycles. The van der Waals surface area contributed by atoms with E-state index in [4.69, 9.17) is 9.94 Å². The minimum atomic E-state index is -0.468. The van der Waals surface area contributed by atoms with Gasteiger partial charge in [-0.05, 0) is 49.4 Å². The molecule has 1 atom stereocenters. The zero-order valence-corrected chi connectivity index (χ0v) is 19.7. The maximum atomic E-state index is 12.4. The monoisotopic (exact) mass is 469 g/mol. The summed E-state index contributed by atoms with van der Waals surface area (Å²) in [5.41, 5.74) is 4.31. The first-order valence-electron chi connectivity index (χ1n) is 11.8. The first kappa shape index (κ1) is 27.0. The Morgan fingerprint density at radius 1 is 0.882 bits per heavy atom. The number of esters is 1. The van der Waals surface area contributed by atoms with Crippen LogP contribution in [0.4, 0.5) is 5.69 Å². The number of hydrogen-bond donors (Lipinski definition) is 4. The zero-order valence-electron chi connectivity index (χ0n) is 19.7. The molecule has 0 aliphatic heterocycles. The van der Waals surface area contributed by atoms with Crippen LogP contribution in [0.15, 0.2) is 54.6 Å². The van der Waals surface area contributed by atoms with Gasteiger partial charge in [-0.1, -0.05) is 55.3 Å². The number of rotatable bonds is 15. The van der Waals surface area contributed by atoms with Crippen LogP contribution in [-0.4, -0.2) is 35.6 Å². The lowest BCUT2D eigenvalue weighted by molar-refractivity contribution is -0.145. The summed E-state index contributed by atoms with van der Waals surface area (Å²) < 4.78 is 5.23. The van der Waals surface area contributed by atoms with Gasteiger partial charge in [0.2, 0.25) is 11.8 Å². The van der Waals surface area contributed by atoms with Crippen LogP contribution < -0.4 is 16.1 Å². The van der Waals surface area contributed by atoms with Crippen molar-refractivity contribution in [2.24, 2.45) is 0 Å². The molecular weight excluding hydrogens is 434 g/mol. The van der Waals surface area contributed by atoms with E-state index < -0.39 is 6.04 Å². The van der Waals surface area contributed by atoms with Gasteiger partial charge in [-0.15, -0.1) is 0 Å². The largest absolute Gasteiger partial charge is 0.465 e. The highest BCUT2D eigenvalue weighted by atomic mass is 16.5. The Bertz CT molecular complexity index is 904. The van der Waals surface area contributed by atoms with E-state index in [1.54, 1.807) is 12.4 Å². The molecule has 0 saturated heterocycles. The van der Waals surface area contributed by atoms with E-state index in [0.717, 1.165) is 30.4 Å². The van der Waals surface area contributed by atoms with Gasteiger partial charge >= 0.3 is 5.97 Å². The Morgan fingerprint density at radius 3 is 2.24 bits per heavy atom. The Hall–Kier alpha value is -3.23. The molecule has 2 amide bonds. The second-order valence-corrected chi connectivity index (χ2v) is 8.07. The van der Waals surface area contributed by atoms with Crippen molar-refractivity contribution in [2.45, 2.75) is 64.5 Å². The second kappa shape index (κ2) is 15.6. The van der Waals surface area contributed by atoms with Crippen LogP contribution in [0.25, 0.3) is 0 Å². The molecule has 0 radical (unpaired) electrons. The molecule has 0 spiro atoms. The summed E-state index contributed by atoms with van der Waals surface area (Å²) in [6.45, 7) is 2.58. The summed E-state index contributed by atoms with van der Waals surface area (Å²) >= 11 is 0. The SMILES string of the molecule is CCOC(=O)[C@@H](Cc1ccccc1)NCc1cccc(NC(=O)CCCCCCC(=O)NO)c1. The lowest BCUT2D eigenvalue weighted by Gasteiger charge is -2.18. The van der Waals surface area contributed by atoms with Gasteiger partial charge in [0.15, 0.2) is 0 Å². The van der Waals surface area contributed by atoms with Crippen LogP contribution in [0.5, 0.6) is 0 Å². The number of ether oxygens (including phenoxy) is 1. The van der Waals surface area contributed by atoms with Crippen molar-refractivity contribution in [1.29, 1.82) is 0 Å². The molecule has 4 N–H and O–H groups in total. The van der Waals surface area contributed by atoms with Crippen LogP contribution in [0.1, 0.15) is 56.6 Å². The average molecular weight is 470 g/mol. The maximum Gasteiger partial charge on any atom is 0.323 e. The van der Waals surface area contributed by atoms with Crippen molar-refractivity contribution in [1.82, 2.24) is 10.8 Å². The second-order valence-electron chi connectivity index (χ2n) is 8.07. The summed E-state index contributed by atoms with van der Waals surface area (Å²) in [4.78, 5) is 35.6. The lowest BCUT2D eigenvalue weighted by atomic mass is 10.1. The van der Waals surface area contributed by atoms with E-state index >= 15 is 0 Å². The molecule has 2 aromatic carbocycles. The molecule has 34 heavy (non-hydrogen) atoms. The molecule has 184 valence electrons. The Labute approximate surface area is 201 Å². The summed E-state index contributed by atoms with van der Waals surface area (Å²) in [5, 5.41) is 14.7. The van der Waals surface area contributed by atoms with E-state index in [1.807, 2.05) is 54.6 Å². The van der Waals surface area contributed by atoms with Crippen LogP contribution in [0, 0.1) is 0 Å². The molecule has 2 aromatic rings. The smallest absolute Gasteiger partial charge is 0.323 e. The first-order chi connectivity index (χ1) is 16.5. The Kier molecular flexibility index (Phi) is 12.4. The summed E-state index contributed by atoms with van der Waals surface area (Å²) in [6, 6.07) is 16.9. The van der Waals surface area contributed by atoms with Gasteiger partial charge in [0.25, 0.3) is 0 Å². The van der Waals surface area contributed by atoms with Gasteiger partial charge in [0.05, 0.1) is 6.61 Å². The van der Waals surface area contributed by atoms with Crippen molar-refractivity contribution in [3.8, 4) is 0 Å². The number of carbonyl (C=O) groups is 3. The fraction of sp³-hybridized carbons (Fsp3) is 0.423. The third-order valence-corrected chi connectivity index (χ3v) is 5.30.